The Kier molecular flexibility index (Phi) is 5.39. The predicted molar refractivity (Wildman–Crippen MR) is 91.8 cm³/mol. The topological polar surface area (TPSA) is 81.9 Å². The highest BCUT2D eigenvalue weighted by molar-refractivity contribution is 5.76. The second-order valence-electron chi connectivity index (χ2n) is 6.95. The van der Waals surface area contributed by atoms with Crippen molar-refractivity contribution < 1.29 is 14.7 Å². The third kappa shape index (κ3) is 4.19. The van der Waals surface area contributed by atoms with Crippen molar-refractivity contribution in [3.05, 3.63) is 18.0 Å². The highest BCUT2D eigenvalue weighted by atomic mass is 16.3. The number of aliphatic hydroxyl groups is 1. The van der Waals surface area contributed by atoms with Gasteiger partial charge < -0.3 is 14.9 Å². The molecule has 0 saturated carbocycles. The van der Waals surface area contributed by atoms with E-state index in [0.717, 1.165) is 18.8 Å². The number of aromatic nitrogens is 2. The Balaban J connectivity index is 1.49. The zero-order valence-electron chi connectivity index (χ0n) is 15.0. The maximum absolute atomic E-state index is 12.4. The molecular formula is C17H27N5O3. The van der Waals surface area contributed by atoms with Gasteiger partial charge in [-0.1, -0.05) is 0 Å². The first kappa shape index (κ1) is 17.9. The molecule has 8 nitrogen and oxygen atoms in total. The van der Waals surface area contributed by atoms with Crippen molar-refractivity contribution in [2.45, 2.75) is 39.0 Å². The number of β-amino-alcohol motifs (C(OH)–C–C–N with tert-alkyl or cyclic N) is 1. The van der Waals surface area contributed by atoms with E-state index >= 15 is 0 Å². The van der Waals surface area contributed by atoms with Crippen LogP contribution in [0.4, 0.5) is 0 Å². The standard InChI is InChI=1S/C17H27N5O3/c1-13-3-5-22(18-13)6-4-17(25)21-11-15(16(24)12-21)20-9-7-19(8-10-20)14(2)23/h3,5,15-16,24H,4,6-12H2,1-2H3/t15-,16-/m1/s1. The third-order valence-corrected chi connectivity index (χ3v) is 5.17. The van der Waals surface area contributed by atoms with Crippen molar-refractivity contribution in [3.63, 3.8) is 0 Å². The van der Waals surface area contributed by atoms with E-state index in [4.69, 9.17) is 0 Å². The molecule has 2 amide bonds. The van der Waals surface area contributed by atoms with Crippen LogP contribution in [0.5, 0.6) is 0 Å². The molecule has 0 unspecified atom stereocenters. The van der Waals surface area contributed by atoms with E-state index in [2.05, 4.69) is 10.00 Å². The Morgan fingerprint density at radius 2 is 1.92 bits per heavy atom. The van der Waals surface area contributed by atoms with Crippen LogP contribution >= 0.6 is 0 Å². The molecule has 2 saturated heterocycles. The minimum absolute atomic E-state index is 0.0370. The first-order chi connectivity index (χ1) is 11.9. The van der Waals surface area contributed by atoms with E-state index in [-0.39, 0.29) is 17.9 Å². The molecule has 1 aromatic heterocycles. The summed E-state index contributed by atoms with van der Waals surface area (Å²) in [6.45, 7) is 7.86. The van der Waals surface area contributed by atoms with Gasteiger partial charge in [0, 0.05) is 65.4 Å². The van der Waals surface area contributed by atoms with Crippen LogP contribution in [-0.4, -0.2) is 92.8 Å². The number of carbonyl (C=O) groups excluding carboxylic acids is 2. The van der Waals surface area contributed by atoms with Gasteiger partial charge in [0.05, 0.1) is 17.8 Å². The molecule has 138 valence electrons. The molecule has 2 fully saturated rings. The molecule has 0 spiro atoms. The van der Waals surface area contributed by atoms with Crippen molar-refractivity contribution in [1.82, 2.24) is 24.5 Å². The number of carbonyl (C=O) groups is 2. The van der Waals surface area contributed by atoms with Gasteiger partial charge in [0.1, 0.15) is 0 Å². The number of aryl methyl sites for hydroxylation is 2. The molecule has 0 aromatic carbocycles. The first-order valence-electron chi connectivity index (χ1n) is 8.89. The van der Waals surface area contributed by atoms with Gasteiger partial charge in [-0.05, 0) is 13.0 Å². The van der Waals surface area contributed by atoms with Crippen molar-refractivity contribution in [2.24, 2.45) is 0 Å². The number of piperazine rings is 1. The van der Waals surface area contributed by atoms with Crippen LogP contribution in [0.3, 0.4) is 0 Å². The van der Waals surface area contributed by atoms with Gasteiger partial charge in [-0.25, -0.2) is 0 Å². The van der Waals surface area contributed by atoms with Gasteiger partial charge in [-0.15, -0.1) is 0 Å². The second-order valence-corrected chi connectivity index (χ2v) is 6.95. The minimum atomic E-state index is -0.528. The molecular weight excluding hydrogens is 322 g/mol. The molecule has 3 heterocycles. The molecule has 2 aliphatic heterocycles. The van der Waals surface area contributed by atoms with E-state index in [1.807, 2.05) is 24.1 Å². The molecule has 1 aromatic rings. The van der Waals surface area contributed by atoms with Crippen molar-refractivity contribution in [1.29, 1.82) is 0 Å². The summed E-state index contributed by atoms with van der Waals surface area (Å²) >= 11 is 0. The molecule has 25 heavy (non-hydrogen) atoms. The quantitative estimate of drug-likeness (QED) is 0.779. The van der Waals surface area contributed by atoms with Gasteiger partial charge in [0.2, 0.25) is 11.8 Å². The Bertz CT molecular complexity index is 624. The molecule has 1 N–H and O–H groups in total. The highest BCUT2D eigenvalue weighted by Gasteiger charge is 2.38. The van der Waals surface area contributed by atoms with Crippen molar-refractivity contribution in [2.75, 3.05) is 39.3 Å². The Morgan fingerprint density at radius 1 is 1.20 bits per heavy atom. The zero-order valence-corrected chi connectivity index (χ0v) is 15.0. The van der Waals surface area contributed by atoms with Crippen molar-refractivity contribution >= 4 is 11.8 Å². The van der Waals surface area contributed by atoms with Gasteiger partial charge in [-0.3, -0.25) is 19.2 Å². The first-order valence-corrected chi connectivity index (χ1v) is 8.89. The molecule has 3 rings (SSSR count). The number of amides is 2. The summed E-state index contributed by atoms with van der Waals surface area (Å²) in [5.74, 6) is 0.148. The van der Waals surface area contributed by atoms with Crippen LogP contribution in [-0.2, 0) is 16.1 Å². The summed E-state index contributed by atoms with van der Waals surface area (Å²) in [5, 5.41) is 14.7. The average Bonchev–Trinajstić information content (AvgIpc) is 3.18. The smallest absolute Gasteiger partial charge is 0.224 e. The zero-order chi connectivity index (χ0) is 18.0. The van der Waals surface area contributed by atoms with E-state index in [1.165, 1.54) is 0 Å². The lowest BCUT2D eigenvalue weighted by molar-refractivity contribution is -0.131. The Morgan fingerprint density at radius 3 is 2.52 bits per heavy atom. The van der Waals surface area contributed by atoms with E-state index in [1.54, 1.807) is 16.5 Å². The van der Waals surface area contributed by atoms with Crippen LogP contribution in [0.2, 0.25) is 0 Å². The maximum atomic E-state index is 12.4. The fourth-order valence-corrected chi connectivity index (χ4v) is 3.66. The molecule has 8 heteroatoms. The Labute approximate surface area is 148 Å². The summed E-state index contributed by atoms with van der Waals surface area (Å²) in [5.41, 5.74) is 0.939. The lowest BCUT2D eigenvalue weighted by Gasteiger charge is -2.38. The van der Waals surface area contributed by atoms with Crippen LogP contribution in [0, 0.1) is 6.92 Å². The van der Waals surface area contributed by atoms with E-state index in [9.17, 15) is 14.7 Å². The summed E-state index contributed by atoms with van der Waals surface area (Å²) in [6.07, 6.45) is 1.73. The van der Waals surface area contributed by atoms with Gasteiger partial charge >= 0.3 is 0 Å². The van der Waals surface area contributed by atoms with E-state index in [0.29, 0.717) is 39.1 Å². The molecule has 0 bridgehead atoms. The summed E-state index contributed by atoms with van der Waals surface area (Å²) in [6, 6.07) is 1.88. The normalized spacial score (nSPS) is 24.8. The van der Waals surface area contributed by atoms with Crippen LogP contribution in [0.15, 0.2) is 12.3 Å². The van der Waals surface area contributed by atoms with Gasteiger partial charge in [0.25, 0.3) is 0 Å². The summed E-state index contributed by atoms with van der Waals surface area (Å²) < 4.78 is 1.78. The van der Waals surface area contributed by atoms with Crippen LogP contribution < -0.4 is 0 Å². The number of rotatable bonds is 4. The summed E-state index contributed by atoms with van der Waals surface area (Å²) in [4.78, 5) is 29.6. The number of hydrogen-bond donors (Lipinski definition) is 1. The van der Waals surface area contributed by atoms with Crippen molar-refractivity contribution in [3.8, 4) is 0 Å². The lowest BCUT2D eigenvalue weighted by Crippen LogP contribution is -2.54. The lowest BCUT2D eigenvalue weighted by atomic mass is 10.1. The SMILES string of the molecule is CC(=O)N1CCN([C@@H]2CN(C(=O)CCn3ccc(C)n3)C[C@H]2O)CC1. The number of likely N-dealkylation sites (tertiary alicyclic amines) is 1. The molecule has 2 aliphatic rings. The largest absolute Gasteiger partial charge is 0.390 e. The second kappa shape index (κ2) is 7.53. The number of aliphatic hydroxyl groups excluding tert-OH is 1. The Hall–Kier alpha value is -1.93. The predicted octanol–water partition coefficient (Wildman–Crippen LogP) is -0.683. The van der Waals surface area contributed by atoms with E-state index < -0.39 is 6.10 Å². The van der Waals surface area contributed by atoms with Crippen LogP contribution in [0.25, 0.3) is 0 Å². The molecule has 0 aliphatic carbocycles. The average molecular weight is 349 g/mol. The van der Waals surface area contributed by atoms with Crippen LogP contribution in [0.1, 0.15) is 19.0 Å². The third-order valence-electron chi connectivity index (χ3n) is 5.17. The van der Waals surface area contributed by atoms with Gasteiger partial charge in [0.15, 0.2) is 0 Å². The summed E-state index contributed by atoms with van der Waals surface area (Å²) in [7, 11) is 0. The van der Waals surface area contributed by atoms with Gasteiger partial charge in [-0.2, -0.15) is 5.10 Å². The fraction of sp³-hybridized carbons (Fsp3) is 0.706. The molecule has 2 atom stereocenters. The highest BCUT2D eigenvalue weighted by Crippen LogP contribution is 2.19. The fourth-order valence-electron chi connectivity index (χ4n) is 3.66. The monoisotopic (exact) mass is 349 g/mol. The number of nitrogens with zero attached hydrogens (tertiary/aromatic N) is 5. The maximum Gasteiger partial charge on any atom is 0.224 e. The number of hydrogen-bond acceptors (Lipinski definition) is 5. The molecule has 0 radical (unpaired) electrons. The minimum Gasteiger partial charge on any atom is -0.390 e.